The SMILES string of the molecule is O=C(c1cc2c(C(F)(F)F)nc(-c3ccc(Cl)cc3)nc2c2ccccc12)C(F)(F)F. The number of fused-ring (bicyclic) bond motifs is 3. The van der Waals surface area contributed by atoms with Gasteiger partial charge in [-0.2, -0.15) is 26.3 Å². The van der Waals surface area contributed by atoms with Crippen LogP contribution in [0.4, 0.5) is 26.3 Å². The van der Waals surface area contributed by atoms with E-state index >= 15 is 0 Å². The molecule has 0 aliphatic carbocycles. The number of Topliss-reactive ketones (excluding diaryl/α,β-unsaturated/α-hetero) is 1. The molecule has 0 aliphatic heterocycles. The summed E-state index contributed by atoms with van der Waals surface area (Å²) >= 11 is 5.82. The van der Waals surface area contributed by atoms with Crippen LogP contribution in [0.5, 0.6) is 0 Å². The maximum absolute atomic E-state index is 13.8. The van der Waals surface area contributed by atoms with Crippen molar-refractivity contribution in [3.8, 4) is 11.4 Å². The van der Waals surface area contributed by atoms with E-state index in [4.69, 9.17) is 11.6 Å². The van der Waals surface area contributed by atoms with Crippen molar-refractivity contribution in [3.05, 3.63) is 70.9 Å². The molecule has 0 bridgehead atoms. The van der Waals surface area contributed by atoms with E-state index in [1.165, 1.54) is 48.5 Å². The number of ketones is 1. The van der Waals surface area contributed by atoms with Gasteiger partial charge in [-0.15, -0.1) is 0 Å². The summed E-state index contributed by atoms with van der Waals surface area (Å²) in [4.78, 5) is 19.7. The van der Waals surface area contributed by atoms with E-state index in [0.717, 1.165) is 0 Å². The molecule has 10 heteroatoms. The van der Waals surface area contributed by atoms with Gasteiger partial charge >= 0.3 is 12.4 Å². The second-order valence-electron chi connectivity index (χ2n) is 6.59. The average molecular weight is 455 g/mol. The third-order valence-electron chi connectivity index (χ3n) is 4.58. The molecule has 3 aromatic carbocycles. The molecule has 4 aromatic rings. The summed E-state index contributed by atoms with van der Waals surface area (Å²) in [5.41, 5.74) is -2.33. The average Bonchev–Trinajstić information content (AvgIpc) is 2.71. The molecule has 0 spiro atoms. The molecule has 3 nitrogen and oxygen atoms in total. The second-order valence-corrected chi connectivity index (χ2v) is 7.03. The largest absolute Gasteiger partial charge is 0.454 e. The highest BCUT2D eigenvalue weighted by Crippen LogP contribution is 2.39. The number of carbonyl (C=O) groups is 1. The van der Waals surface area contributed by atoms with Gasteiger partial charge in [0.1, 0.15) is 0 Å². The zero-order chi connectivity index (χ0) is 22.6. The van der Waals surface area contributed by atoms with E-state index in [0.29, 0.717) is 11.1 Å². The lowest BCUT2D eigenvalue weighted by molar-refractivity contribution is -0.139. The van der Waals surface area contributed by atoms with Gasteiger partial charge < -0.3 is 0 Å². The third-order valence-corrected chi connectivity index (χ3v) is 4.83. The fourth-order valence-electron chi connectivity index (χ4n) is 3.24. The van der Waals surface area contributed by atoms with Crippen LogP contribution in [0.15, 0.2) is 54.6 Å². The van der Waals surface area contributed by atoms with Gasteiger partial charge in [-0.05, 0) is 35.7 Å². The summed E-state index contributed by atoms with van der Waals surface area (Å²) in [6, 6.07) is 11.6. The minimum Gasteiger partial charge on any atom is -0.284 e. The first-order valence-electron chi connectivity index (χ1n) is 8.65. The van der Waals surface area contributed by atoms with Gasteiger partial charge in [0.2, 0.25) is 0 Å². The molecule has 31 heavy (non-hydrogen) atoms. The fourth-order valence-corrected chi connectivity index (χ4v) is 3.37. The standard InChI is InChI=1S/C21H9ClF6N2O/c22-11-7-5-10(6-8-11)19-29-16-13-4-2-1-3-12(13)14(18(31)21(26,27)28)9-15(16)17(30-19)20(23,24)25/h1-9H. The van der Waals surface area contributed by atoms with Crippen LogP contribution in [0.1, 0.15) is 16.1 Å². The topological polar surface area (TPSA) is 42.9 Å². The molecule has 0 radical (unpaired) electrons. The highest BCUT2D eigenvalue weighted by molar-refractivity contribution is 6.30. The number of alkyl halides is 6. The van der Waals surface area contributed by atoms with Crippen molar-refractivity contribution in [3.63, 3.8) is 0 Å². The van der Waals surface area contributed by atoms with E-state index in [1.807, 2.05) is 0 Å². The van der Waals surface area contributed by atoms with Crippen LogP contribution in [0.3, 0.4) is 0 Å². The number of benzene rings is 3. The van der Waals surface area contributed by atoms with E-state index in [2.05, 4.69) is 9.97 Å². The van der Waals surface area contributed by atoms with Crippen molar-refractivity contribution in [1.29, 1.82) is 0 Å². The molecule has 1 aromatic heterocycles. The normalized spacial score (nSPS) is 12.5. The minimum atomic E-state index is -5.26. The zero-order valence-electron chi connectivity index (χ0n) is 15.1. The predicted molar refractivity (Wildman–Crippen MR) is 103 cm³/mol. The van der Waals surface area contributed by atoms with Gasteiger partial charge in [0, 0.05) is 26.9 Å². The van der Waals surface area contributed by atoms with E-state index < -0.39 is 34.8 Å². The van der Waals surface area contributed by atoms with Crippen LogP contribution in [0.25, 0.3) is 33.1 Å². The van der Waals surface area contributed by atoms with Gasteiger partial charge in [0.25, 0.3) is 5.78 Å². The quantitative estimate of drug-likeness (QED) is 0.189. The molecule has 0 amide bonds. The summed E-state index contributed by atoms with van der Waals surface area (Å²) in [7, 11) is 0. The Labute approximate surface area is 175 Å². The Morgan fingerprint density at radius 3 is 2.00 bits per heavy atom. The van der Waals surface area contributed by atoms with E-state index in [-0.39, 0.29) is 27.7 Å². The maximum Gasteiger partial charge on any atom is 0.454 e. The number of hydrogen-bond donors (Lipinski definition) is 0. The molecular formula is C21H9ClF6N2O. The Kier molecular flexibility index (Phi) is 4.88. The van der Waals surface area contributed by atoms with Crippen LogP contribution in [-0.4, -0.2) is 21.9 Å². The van der Waals surface area contributed by atoms with Crippen molar-refractivity contribution >= 4 is 39.1 Å². The lowest BCUT2D eigenvalue weighted by Crippen LogP contribution is -2.23. The maximum atomic E-state index is 13.8. The first-order chi connectivity index (χ1) is 14.5. The Balaban J connectivity index is 2.15. The van der Waals surface area contributed by atoms with Gasteiger partial charge in [-0.1, -0.05) is 35.9 Å². The van der Waals surface area contributed by atoms with Crippen molar-refractivity contribution in [2.24, 2.45) is 0 Å². The van der Waals surface area contributed by atoms with Crippen molar-refractivity contribution in [2.45, 2.75) is 12.4 Å². The predicted octanol–water partition coefficient (Wildman–Crippen LogP) is 6.87. The van der Waals surface area contributed by atoms with Gasteiger partial charge in [-0.3, -0.25) is 4.79 Å². The summed E-state index contributed by atoms with van der Waals surface area (Å²) in [5, 5.41) is -0.542. The first kappa shape index (κ1) is 21.0. The number of halogens is 7. The van der Waals surface area contributed by atoms with Gasteiger partial charge in [0.05, 0.1) is 5.52 Å². The molecule has 0 unspecified atom stereocenters. The molecule has 0 fully saturated rings. The highest BCUT2D eigenvalue weighted by Gasteiger charge is 2.42. The molecule has 0 atom stereocenters. The van der Waals surface area contributed by atoms with Crippen molar-refractivity contribution in [1.82, 2.24) is 9.97 Å². The Morgan fingerprint density at radius 2 is 1.42 bits per heavy atom. The lowest BCUT2D eigenvalue weighted by Gasteiger charge is -2.16. The number of nitrogens with zero attached hydrogens (tertiary/aromatic N) is 2. The second kappa shape index (κ2) is 7.19. The Morgan fingerprint density at radius 1 is 0.806 bits per heavy atom. The van der Waals surface area contributed by atoms with Crippen molar-refractivity contribution in [2.75, 3.05) is 0 Å². The van der Waals surface area contributed by atoms with Crippen LogP contribution in [-0.2, 0) is 6.18 Å². The van der Waals surface area contributed by atoms with E-state index in [1.54, 1.807) is 0 Å². The highest BCUT2D eigenvalue weighted by atomic mass is 35.5. The monoisotopic (exact) mass is 454 g/mol. The summed E-state index contributed by atoms with van der Waals surface area (Å²) in [6.07, 6.45) is -10.3. The minimum absolute atomic E-state index is 0.0317. The van der Waals surface area contributed by atoms with Crippen LogP contribution < -0.4 is 0 Å². The molecular weight excluding hydrogens is 446 g/mol. The number of carbonyl (C=O) groups excluding carboxylic acids is 1. The van der Waals surface area contributed by atoms with Crippen LogP contribution >= 0.6 is 11.6 Å². The molecule has 4 rings (SSSR count). The third kappa shape index (κ3) is 3.81. The van der Waals surface area contributed by atoms with E-state index in [9.17, 15) is 31.1 Å². The molecule has 0 N–H and O–H groups in total. The molecule has 0 saturated carbocycles. The van der Waals surface area contributed by atoms with Crippen molar-refractivity contribution < 1.29 is 31.1 Å². The Bertz CT molecular complexity index is 1330. The summed E-state index contributed by atoms with van der Waals surface area (Å²) < 4.78 is 80.8. The molecule has 158 valence electrons. The number of aromatic nitrogens is 2. The smallest absolute Gasteiger partial charge is 0.284 e. The molecule has 0 saturated heterocycles. The summed E-state index contributed by atoms with van der Waals surface area (Å²) in [6.45, 7) is 0. The fraction of sp³-hybridized carbons (Fsp3) is 0.0952. The lowest BCUT2D eigenvalue weighted by atomic mass is 9.96. The first-order valence-corrected chi connectivity index (χ1v) is 9.03. The van der Waals surface area contributed by atoms with Crippen LogP contribution in [0, 0.1) is 0 Å². The van der Waals surface area contributed by atoms with Crippen LogP contribution in [0.2, 0.25) is 5.02 Å². The molecule has 1 heterocycles. The Hall–Kier alpha value is -3.20. The molecule has 0 aliphatic rings. The van der Waals surface area contributed by atoms with Gasteiger partial charge in [0.15, 0.2) is 11.5 Å². The summed E-state index contributed by atoms with van der Waals surface area (Å²) in [5.74, 6) is -2.53. The van der Waals surface area contributed by atoms with Gasteiger partial charge in [-0.25, -0.2) is 9.97 Å². The zero-order valence-corrected chi connectivity index (χ0v) is 15.9. The number of rotatable bonds is 2. The number of hydrogen-bond acceptors (Lipinski definition) is 3.